The Bertz CT molecular complexity index is 571. The van der Waals surface area contributed by atoms with Crippen LogP contribution in [0, 0.1) is 0 Å². The molecule has 0 aliphatic carbocycles. The van der Waals surface area contributed by atoms with Gasteiger partial charge in [-0.1, -0.05) is 0 Å². The lowest BCUT2D eigenvalue weighted by atomic mass is 10.3. The van der Waals surface area contributed by atoms with E-state index in [2.05, 4.69) is 5.10 Å². The molecule has 0 aliphatic heterocycles. The van der Waals surface area contributed by atoms with E-state index >= 15 is 0 Å². The second kappa shape index (κ2) is 7.81. The highest BCUT2D eigenvalue weighted by molar-refractivity contribution is 7.98. The van der Waals surface area contributed by atoms with Crippen LogP contribution >= 0.6 is 11.8 Å². The Balaban J connectivity index is 2.80. The maximum atomic E-state index is 12.4. The first-order chi connectivity index (χ1) is 9.78. The van der Waals surface area contributed by atoms with E-state index < -0.39 is 16.0 Å². The molecule has 9 heteroatoms. The average Bonchev–Trinajstić information content (AvgIpc) is 2.91. The Hall–Kier alpha value is -1.06. The molecule has 1 heterocycles. The third kappa shape index (κ3) is 5.01. The number of aromatic nitrogens is 2. The van der Waals surface area contributed by atoms with Crippen LogP contribution in [-0.2, 0) is 21.4 Å². The summed E-state index contributed by atoms with van der Waals surface area (Å²) in [6, 6.07) is -0.107. The smallest absolute Gasteiger partial charge is 0.305 e. The van der Waals surface area contributed by atoms with Crippen molar-refractivity contribution in [3.05, 3.63) is 12.4 Å². The molecule has 0 bridgehead atoms. The molecule has 0 radical (unpaired) electrons. The predicted molar refractivity (Wildman–Crippen MR) is 81.9 cm³/mol. The Morgan fingerprint density at radius 2 is 2.24 bits per heavy atom. The number of rotatable bonds is 9. The van der Waals surface area contributed by atoms with Gasteiger partial charge in [-0.05, 0) is 25.4 Å². The molecule has 0 spiro atoms. The minimum absolute atomic E-state index is 0.0893. The molecule has 1 aromatic heterocycles. The number of thioether (sulfide) groups is 1. The fraction of sp³-hybridized carbons (Fsp3) is 0.667. The lowest BCUT2D eigenvalue weighted by Crippen LogP contribution is -2.35. The Labute approximate surface area is 129 Å². The van der Waals surface area contributed by atoms with Crippen molar-refractivity contribution in [1.29, 1.82) is 0 Å². The minimum Gasteiger partial charge on any atom is -0.481 e. The first-order valence-electron chi connectivity index (χ1n) is 6.50. The highest BCUT2D eigenvalue weighted by Gasteiger charge is 2.26. The zero-order valence-electron chi connectivity index (χ0n) is 12.4. The second-order valence-corrected chi connectivity index (χ2v) is 7.72. The number of aliphatic carboxylic acids is 1. The van der Waals surface area contributed by atoms with Gasteiger partial charge in [-0.25, -0.2) is 8.42 Å². The number of carboxylic acids is 1. The topological polar surface area (TPSA) is 92.5 Å². The van der Waals surface area contributed by atoms with Gasteiger partial charge in [0.15, 0.2) is 0 Å². The molecule has 0 amide bonds. The van der Waals surface area contributed by atoms with Crippen LogP contribution in [0.1, 0.15) is 19.8 Å². The van der Waals surface area contributed by atoms with E-state index in [9.17, 15) is 13.2 Å². The number of carboxylic acid groups (broad SMARTS) is 1. The normalized spacial score (nSPS) is 13.5. The van der Waals surface area contributed by atoms with Gasteiger partial charge in [0, 0.05) is 19.3 Å². The van der Waals surface area contributed by atoms with Gasteiger partial charge in [-0.15, -0.1) is 0 Å². The van der Waals surface area contributed by atoms with Crippen LogP contribution in [0.2, 0.25) is 0 Å². The molecule has 0 aliphatic rings. The van der Waals surface area contributed by atoms with Gasteiger partial charge < -0.3 is 5.11 Å². The molecule has 1 aromatic rings. The molecule has 0 saturated carbocycles. The summed E-state index contributed by atoms with van der Waals surface area (Å²) >= 11 is 1.67. The van der Waals surface area contributed by atoms with Crippen LogP contribution in [0.3, 0.4) is 0 Å². The van der Waals surface area contributed by atoms with E-state index in [1.54, 1.807) is 18.8 Å². The third-order valence-corrected chi connectivity index (χ3v) is 5.77. The predicted octanol–water partition coefficient (Wildman–Crippen LogP) is 1.12. The van der Waals surface area contributed by atoms with Crippen molar-refractivity contribution in [2.75, 3.05) is 19.1 Å². The number of hydrogen-bond donors (Lipinski definition) is 1. The van der Waals surface area contributed by atoms with E-state index in [0.29, 0.717) is 0 Å². The van der Waals surface area contributed by atoms with Crippen molar-refractivity contribution in [3.63, 3.8) is 0 Å². The summed E-state index contributed by atoms with van der Waals surface area (Å²) in [6.07, 6.45) is 5.28. The summed E-state index contributed by atoms with van der Waals surface area (Å²) in [4.78, 5) is 10.6. The van der Waals surface area contributed by atoms with Gasteiger partial charge in [0.1, 0.15) is 4.90 Å². The molecule has 1 unspecified atom stereocenters. The fourth-order valence-electron chi connectivity index (χ4n) is 1.68. The Morgan fingerprint density at radius 1 is 1.57 bits per heavy atom. The quantitative estimate of drug-likeness (QED) is 0.727. The fourth-order valence-corrected chi connectivity index (χ4v) is 3.61. The minimum atomic E-state index is -3.59. The number of nitrogens with zero attached hydrogens (tertiary/aromatic N) is 3. The van der Waals surface area contributed by atoms with Crippen molar-refractivity contribution in [2.24, 2.45) is 0 Å². The van der Waals surface area contributed by atoms with Crippen LogP contribution in [0.25, 0.3) is 0 Å². The van der Waals surface area contributed by atoms with Gasteiger partial charge >= 0.3 is 5.97 Å². The van der Waals surface area contributed by atoms with Crippen LogP contribution in [0.4, 0.5) is 0 Å². The maximum absolute atomic E-state index is 12.4. The van der Waals surface area contributed by atoms with E-state index in [1.807, 2.05) is 13.2 Å². The lowest BCUT2D eigenvalue weighted by molar-refractivity contribution is -0.137. The van der Waals surface area contributed by atoms with Gasteiger partial charge in [0.2, 0.25) is 10.0 Å². The van der Waals surface area contributed by atoms with Gasteiger partial charge in [0.25, 0.3) is 0 Å². The molecule has 120 valence electrons. The average molecular weight is 335 g/mol. The first-order valence-corrected chi connectivity index (χ1v) is 9.33. The monoisotopic (exact) mass is 335 g/mol. The summed E-state index contributed by atoms with van der Waals surface area (Å²) in [6.45, 7) is 2.01. The van der Waals surface area contributed by atoms with Crippen molar-refractivity contribution < 1.29 is 18.3 Å². The Morgan fingerprint density at radius 3 is 2.81 bits per heavy atom. The van der Waals surface area contributed by atoms with Gasteiger partial charge in [-0.2, -0.15) is 21.2 Å². The number of hydrogen-bond acceptors (Lipinski definition) is 5. The molecular weight excluding hydrogens is 314 g/mol. The molecule has 1 atom stereocenters. The van der Waals surface area contributed by atoms with E-state index in [4.69, 9.17) is 5.11 Å². The lowest BCUT2D eigenvalue weighted by Gasteiger charge is -2.23. The summed E-state index contributed by atoms with van der Waals surface area (Å²) in [5.41, 5.74) is 0. The van der Waals surface area contributed by atoms with Crippen LogP contribution < -0.4 is 0 Å². The van der Waals surface area contributed by atoms with E-state index in [1.165, 1.54) is 21.4 Å². The molecule has 1 N–H and O–H groups in total. The third-order valence-electron chi connectivity index (χ3n) is 3.20. The Kier molecular flexibility index (Phi) is 6.69. The summed E-state index contributed by atoms with van der Waals surface area (Å²) in [5.74, 6) is -0.0588. The second-order valence-electron chi connectivity index (χ2n) is 4.73. The highest BCUT2D eigenvalue weighted by atomic mass is 32.2. The van der Waals surface area contributed by atoms with Gasteiger partial charge in [0.05, 0.1) is 19.2 Å². The molecule has 0 fully saturated rings. The zero-order chi connectivity index (χ0) is 16.0. The van der Waals surface area contributed by atoms with Crippen molar-refractivity contribution in [1.82, 2.24) is 14.1 Å². The van der Waals surface area contributed by atoms with Crippen LogP contribution in [-0.4, -0.2) is 58.7 Å². The van der Waals surface area contributed by atoms with E-state index in [0.717, 1.165) is 12.2 Å². The molecule has 7 nitrogen and oxygen atoms in total. The van der Waals surface area contributed by atoms with Crippen LogP contribution in [0.15, 0.2) is 17.3 Å². The molecule has 0 saturated heterocycles. The summed E-state index contributed by atoms with van der Waals surface area (Å²) in [7, 11) is -2.04. The number of aryl methyl sites for hydroxylation is 1. The SMILES string of the molecule is CSCCC(C)N(C)S(=O)(=O)c1cnn(CCC(=O)O)c1. The number of carbonyl (C=O) groups is 1. The first kappa shape index (κ1) is 18.0. The van der Waals surface area contributed by atoms with Crippen LogP contribution in [0.5, 0.6) is 0 Å². The highest BCUT2D eigenvalue weighted by Crippen LogP contribution is 2.18. The van der Waals surface area contributed by atoms with Gasteiger partial charge in [-0.3, -0.25) is 9.48 Å². The maximum Gasteiger partial charge on any atom is 0.305 e. The molecule has 0 aromatic carbocycles. The van der Waals surface area contributed by atoms with Crippen molar-refractivity contribution >= 4 is 27.8 Å². The number of sulfonamides is 1. The largest absolute Gasteiger partial charge is 0.481 e. The summed E-state index contributed by atoms with van der Waals surface area (Å²) < 4.78 is 27.5. The zero-order valence-corrected chi connectivity index (χ0v) is 14.0. The standard InChI is InChI=1S/C12H21N3O4S2/c1-10(5-7-20-3)14(2)21(18,19)11-8-13-15(9-11)6-4-12(16)17/h8-10H,4-7H2,1-3H3,(H,16,17). The van der Waals surface area contributed by atoms with E-state index in [-0.39, 0.29) is 23.9 Å². The molecule has 21 heavy (non-hydrogen) atoms. The summed E-state index contributed by atoms with van der Waals surface area (Å²) in [5, 5.41) is 12.5. The molecular formula is C12H21N3O4S2. The van der Waals surface area contributed by atoms with Crippen molar-refractivity contribution in [3.8, 4) is 0 Å². The van der Waals surface area contributed by atoms with Crippen molar-refractivity contribution in [2.45, 2.75) is 37.2 Å². The molecule has 1 rings (SSSR count).